The van der Waals surface area contributed by atoms with Gasteiger partial charge >= 0.3 is 5.97 Å². The molecule has 318 valence electrons. The van der Waals surface area contributed by atoms with Crippen LogP contribution < -0.4 is 33.6 Å². The number of fused-ring (bicyclic) bond motifs is 5. The number of aliphatic carboxylic acids is 1. The van der Waals surface area contributed by atoms with Crippen LogP contribution in [0.3, 0.4) is 0 Å². The molecular weight excluding hydrogens is 791 g/mol. The number of methoxy groups -OCH3 is 2. The number of hydrogen-bond acceptors (Lipinski definition) is 11. The van der Waals surface area contributed by atoms with Crippen molar-refractivity contribution in [3.05, 3.63) is 124 Å². The number of benzene rings is 5. The van der Waals surface area contributed by atoms with Gasteiger partial charge in [-0.25, -0.2) is 0 Å². The maximum atomic E-state index is 14.0. The quantitative estimate of drug-likeness (QED) is 0.0732. The second-order valence-electron chi connectivity index (χ2n) is 15.2. The van der Waals surface area contributed by atoms with E-state index in [0.717, 1.165) is 45.7 Å². The van der Waals surface area contributed by atoms with Crippen molar-refractivity contribution in [2.24, 2.45) is 9.98 Å². The van der Waals surface area contributed by atoms with Crippen molar-refractivity contribution >= 4 is 59.2 Å². The van der Waals surface area contributed by atoms with E-state index >= 15 is 0 Å². The lowest BCUT2D eigenvalue weighted by Crippen LogP contribution is -2.37. The number of hydrogen-bond donors (Lipinski definition) is 1. The first-order chi connectivity index (χ1) is 30.1. The topological polar surface area (TPSA) is 152 Å². The van der Waals surface area contributed by atoms with E-state index in [0.29, 0.717) is 71.6 Å². The van der Waals surface area contributed by atoms with Crippen LogP contribution in [0.5, 0.6) is 23.0 Å². The van der Waals surface area contributed by atoms with E-state index < -0.39 is 5.97 Å². The highest BCUT2D eigenvalue weighted by Gasteiger charge is 2.36. The third kappa shape index (κ3) is 8.54. The van der Waals surface area contributed by atoms with Gasteiger partial charge in [0.2, 0.25) is 0 Å². The highest BCUT2D eigenvalue weighted by molar-refractivity contribution is 6.15. The summed E-state index contributed by atoms with van der Waals surface area (Å²) in [5, 5.41) is 9.01. The monoisotopic (exact) mass is 837 g/mol. The smallest absolute Gasteiger partial charge is 0.305 e. The van der Waals surface area contributed by atoms with E-state index in [1.54, 1.807) is 34.1 Å². The fraction of sp³-hybridized carbons (Fsp3) is 0.271. The number of carbonyl (C=O) groups is 3. The second kappa shape index (κ2) is 18.2. The molecule has 5 aromatic carbocycles. The molecule has 0 aromatic heterocycles. The predicted molar refractivity (Wildman–Crippen MR) is 237 cm³/mol. The fourth-order valence-corrected chi connectivity index (χ4v) is 8.05. The number of carboxylic acid groups (broad SMARTS) is 1. The first-order valence-electron chi connectivity index (χ1n) is 20.3. The Bertz CT molecular complexity index is 2570. The molecule has 0 aliphatic carbocycles. The number of aliphatic imine (C=N–C) groups is 2. The zero-order valence-corrected chi connectivity index (χ0v) is 34.8. The molecule has 8 rings (SSSR count). The normalized spacial score (nSPS) is 14.6. The van der Waals surface area contributed by atoms with Gasteiger partial charge in [0.15, 0.2) is 23.0 Å². The highest BCUT2D eigenvalue weighted by Crippen LogP contribution is 2.42. The maximum absolute atomic E-state index is 14.0. The molecule has 14 heteroatoms. The average Bonchev–Trinajstić information content (AvgIpc) is 3.86. The Kier molecular flexibility index (Phi) is 12.2. The van der Waals surface area contributed by atoms with E-state index in [9.17, 15) is 14.4 Å². The predicted octanol–water partition coefficient (Wildman–Crippen LogP) is 7.61. The minimum absolute atomic E-state index is 0.0790. The first-order valence-corrected chi connectivity index (χ1v) is 20.3. The van der Waals surface area contributed by atoms with Crippen molar-refractivity contribution in [3.63, 3.8) is 0 Å². The Balaban J connectivity index is 1.04. The molecule has 0 spiro atoms. The molecule has 0 radical (unpaired) electrons. The molecule has 3 aliphatic rings. The lowest BCUT2D eigenvalue weighted by molar-refractivity contribution is -0.138. The van der Waals surface area contributed by atoms with E-state index in [1.807, 2.05) is 84.9 Å². The summed E-state index contributed by atoms with van der Waals surface area (Å²) >= 11 is 0. The van der Waals surface area contributed by atoms with Crippen molar-refractivity contribution in [2.75, 3.05) is 62.3 Å². The number of rotatable bonds is 17. The molecule has 2 amide bonds. The van der Waals surface area contributed by atoms with Crippen molar-refractivity contribution in [3.8, 4) is 23.0 Å². The number of carbonyl (C=O) groups excluding carboxylic acids is 2. The number of amides is 2. The fourth-order valence-electron chi connectivity index (χ4n) is 8.05. The van der Waals surface area contributed by atoms with Gasteiger partial charge in [0.25, 0.3) is 11.8 Å². The Labute approximate surface area is 359 Å². The highest BCUT2D eigenvalue weighted by atomic mass is 16.5. The van der Waals surface area contributed by atoms with E-state index in [-0.39, 0.29) is 44.1 Å². The molecule has 62 heavy (non-hydrogen) atoms. The van der Waals surface area contributed by atoms with Crippen LogP contribution >= 0.6 is 0 Å². The number of carboxylic acids is 1. The maximum Gasteiger partial charge on any atom is 0.305 e. The molecule has 0 saturated heterocycles. The zero-order chi connectivity index (χ0) is 43.3. The molecule has 0 unspecified atom stereocenters. The molecule has 0 bridgehead atoms. The summed E-state index contributed by atoms with van der Waals surface area (Å²) in [5.41, 5.74) is 8.03. The van der Waals surface area contributed by atoms with Gasteiger partial charge in [-0.1, -0.05) is 36.4 Å². The summed E-state index contributed by atoms with van der Waals surface area (Å²) < 4.78 is 29.9. The van der Waals surface area contributed by atoms with Gasteiger partial charge in [-0.3, -0.25) is 29.3 Å². The summed E-state index contributed by atoms with van der Waals surface area (Å²) in [6.45, 7) is 5.45. The van der Waals surface area contributed by atoms with Gasteiger partial charge in [-0.05, 0) is 77.9 Å². The zero-order valence-electron chi connectivity index (χ0n) is 34.8. The van der Waals surface area contributed by atoms with Crippen LogP contribution in [0.1, 0.15) is 49.4 Å². The van der Waals surface area contributed by atoms with Crippen LogP contribution in [0.2, 0.25) is 0 Å². The Hall–Kier alpha value is -7.19. The molecule has 1 atom stereocenters. The van der Waals surface area contributed by atoms with Gasteiger partial charge in [0, 0.05) is 62.0 Å². The second-order valence-corrected chi connectivity index (χ2v) is 15.2. The number of anilines is 3. The van der Waals surface area contributed by atoms with Gasteiger partial charge in [-0.2, -0.15) is 0 Å². The van der Waals surface area contributed by atoms with Gasteiger partial charge < -0.3 is 38.6 Å². The molecule has 3 heterocycles. The van der Waals surface area contributed by atoms with Crippen molar-refractivity contribution in [1.82, 2.24) is 0 Å². The lowest BCUT2D eigenvalue weighted by Gasteiger charge is -2.22. The van der Waals surface area contributed by atoms with E-state index in [1.165, 1.54) is 14.2 Å². The van der Waals surface area contributed by atoms with Crippen LogP contribution in [0, 0.1) is 0 Å². The summed E-state index contributed by atoms with van der Waals surface area (Å²) in [5.74, 6) is 0.278. The van der Waals surface area contributed by atoms with Crippen LogP contribution in [-0.4, -0.2) is 89.4 Å². The number of likely N-dealkylation sites (N-methyl/N-ethyl adjacent to an activating group) is 1. The number of para-hydroxylation sites is 2. The molecule has 3 aliphatic heterocycles. The van der Waals surface area contributed by atoms with E-state index in [2.05, 4.69) is 11.7 Å². The third-order valence-corrected chi connectivity index (χ3v) is 11.2. The summed E-state index contributed by atoms with van der Waals surface area (Å²) in [4.78, 5) is 53.3. The van der Waals surface area contributed by atoms with Crippen LogP contribution in [-0.2, 0) is 35.6 Å². The molecule has 1 N–H and O–H groups in total. The minimum Gasteiger partial charge on any atom is -0.493 e. The molecular formula is C48H47N5O9. The third-order valence-electron chi connectivity index (χ3n) is 11.2. The summed E-state index contributed by atoms with van der Waals surface area (Å²) in [6.07, 6.45) is 3.19. The average molecular weight is 838 g/mol. The molecule has 0 fully saturated rings. The first kappa shape index (κ1) is 41.5. The van der Waals surface area contributed by atoms with Crippen LogP contribution in [0.4, 0.5) is 28.4 Å². The van der Waals surface area contributed by atoms with Gasteiger partial charge in [-0.15, -0.1) is 0 Å². The Morgan fingerprint density at radius 3 is 2.24 bits per heavy atom. The molecule has 5 aromatic rings. The lowest BCUT2D eigenvalue weighted by atomic mass is 10.1. The number of ether oxygens (including phenoxy) is 5. The Morgan fingerprint density at radius 1 is 0.855 bits per heavy atom. The van der Waals surface area contributed by atoms with Crippen LogP contribution in [0.15, 0.2) is 101 Å². The van der Waals surface area contributed by atoms with Crippen molar-refractivity contribution in [1.29, 1.82) is 0 Å². The van der Waals surface area contributed by atoms with E-state index in [4.69, 9.17) is 33.8 Å². The van der Waals surface area contributed by atoms with Crippen LogP contribution in [0.25, 0.3) is 0 Å². The number of nitrogens with zero attached hydrogens (tertiary/aromatic N) is 5. The van der Waals surface area contributed by atoms with Crippen molar-refractivity contribution < 1.29 is 43.2 Å². The largest absolute Gasteiger partial charge is 0.493 e. The molecule has 14 nitrogen and oxygen atoms in total. The van der Waals surface area contributed by atoms with Gasteiger partial charge in [0.1, 0.15) is 13.2 Å². The summed E-state index contributed by atoms with van der Waals surface area (Å²) in [7, 11) is 4.97. The summed E-state index contributed by atoms with van der Waals surface area (Å²) in [6, 6.07) is 28.2. The minimum atomic E-state index is -0.919. The van der Waals surface area contributed by atoms with Gasteiger partial charge in [0.05, 0.1) is 62.4 Å². The SMILES string of the molecule is C=Nc1cc(OCc2cc(COc3cc4c(cc3OC)C(=O)N3c5ccccc5C[C@H]3C=N4)cc(N(C)CCOCCC(=O)O)c2)c(OC)cc1C(=O)N1CCc2ccccc21. The van der Waals surface area contributed by atoms with Crippen molar-refractivity contribution in [2.45, 2.75) is 38.5 Å². The molecule has 0 saturated carbocycles. The Morgan fingerprint density at radius 2 is 1.53 bits per heavy atom. The standard InChI is InChI=1S/C48H47N5O9/c1-49-38-25-44(42(58-3)23-36(38)47(56)52-15-13-32-9-5-7-11-40(32)52)61-28-30-19-31(21-34(20-30)51(2)16-18-60-17-14-46(54)55)29-62-45-26-39-37(24-43(45)59-4)48(57)53-35(27-50-39)22-33-10-6-8-12-41(33)53/h5-12,19-21,23-27,35H,1,13-18,22,28-29H2,2-4H3,(H,54,55)/t35-/m0/s1.